The van der Waals surface area contributed by atoms with Crippen LogP contribution in [0.15, 0.2) is 85.3 Å². The fourth-order valence-corrected chi connectivity index (χ4v) is 3.61. The van der Waals surface area contributed by atoms with Crippen molar-refractivity contribution in [1.82, 2.24) is 10.3 Å². The normalized spacial score (nSPS) is 12.0. The number of nitrogens with zero attached hydrogens (tertiary/aromatic N) is 1. The molecule has 0 saturated carbocycles. The maximum Gasteiger partial charge on any atom is 0.252 e. The quantitative estimate of drug-likeness (QED) is 0.125. The zero-order valence-electron chi connectivity index (χ0n) is 23.2. The Balaban J connectivity index is 1.94. The van der Waals surface area contributed by atoms with Gasteiger partial charge in [0.2, 0.25) is 0 Å². The molecule has 5 nitrogen and oxygen atoms in total. The summed E-state index contributed by atoms with van der Waals surface area (Å²) in [5.41, 5.74) is 0.513. The Labute approximate surface area is 229 Å². The van der Waals surface area contributed by atoms with E-state index in [1.165, 1.54) is 6.20 Å². The van der Waals surface area contributed by atoms with E-state index < -0.39 is 0 Å². The van der Waals surface area contributed by atoms with Gasteiger partial charge in [0.25, 0.3) is 5.91 Å². The summed E-state index contributed by atoms with van der Waals surface area (Å²) in [6.45, 7) is 2.60. The minimum Gasteiger partial charge on any atom is -0.352 e. The predicted molar refractivity (Wildman–Crippen MR) is 158 cm³/mol. The van der Waals surface area contributed by atoms with Gasteiger partial charge >= 0.3 is 0 Å². The van der Waals surface area contributed by atoms with Crippen LogP contribution in [0.2, 0.25) is 0 Å². The molecule has 0 aliphatic heterocycles. The molecule has 1 aromatic rings. The van der Waals surface area contributed by atoms with Gasteiger partial charge in [-0.2, -0.15) is 0 Å². The molecule has 0 spiro atoms. The number of carbonyl (C=O) groups is 3. The zero-order valence-corrected chi connectivity index (χ0v) is 23.2. The second kappa shape index (κ2) is 24.0. The Kier molecular flexibility index (Phi) is 20.7. The van der Waals surface area contributed by atoms with Crippen LogP contribution in [-0.2, 0) is 9.59 Å². The molecule has 206 valence electrons. The molecule has 1 rings (SSSR count). The van der Waals surface area contributed by atoms with Gasteiger partial charge in [0, 0.05) is 44.6 Å². The Morgan fingerprint density at radius 3 is 1.79 bits per heavy atom. The van der Waals surface area contributed by atoms with E-state index >= 15 is 0 Å². The highest BCUT2D eigenvalue weighted by Crippen LogP contribution is 2.07. The first kappa shape index (κ1) is 32.7. The van der Waals surface area contributed by atoms with Crippen molar-refractivity contribution in [1.29, 1.82) is 0 Å². The predicted octanol–water partition coefficient (Wildman–Crippen LogP) is 7.82. The lowest BCUT2D eigenvalue weighted by molar-refractivity contribution is -0.120. The van der Waals surface area contributed by atoms with Crippen LogP contribution in [0.1, 0.15) is 101 Å². The number of rotatable bonds is 22. The van der Waals surface area contributed by atoms with Gasteiger partial charge in [0.15, 0.2) is 0 Å². The molecular formula is C33H46N2O3. The number of pyridine rings is 1. The van der Waals surface area contributed by atoms with Crippen LogP contribution in [0.25, 0.3) is 0 Å². The summed E-state index contributed by atoms with van der Waals surface area (Å²) in [6, 6.07) is 3.42. The van der Waals surface area contributed by atoms with Crippen molar-refractivity contribution in [2.45, 2.75) is 90.4 Å². The van der Waals surface area contributed by atoms with Crippen molar-refractivity contribution in [2.75, 3.05) is 6.54 Å². The van der Waals surface area contributed by atoms with Crippen molar-refractivity contribution < 1.29 is 14.4 Å². The minimum atomic E-state index is -0.180. The zero-order chi connectivity index (χ0) is 27.5. The first-order chi connectivity index (χ1) is 18.6. The largest absolute Gasteiger partial charge is 0.352 e. The third kappa shape index (κ3) is 19.8. The lowest BCUT2D eigenvalue weighted by atomic mass is 10.0. The van der Waals surface area contributed by atoms with Gasteiger partial charge in [-0.1, -0.05) is 67.7 Å². The van der Waals surface area contributed by atoms with Crippen LogP contribution < -0.4 is 5.32 Å². The van der Waals surface area contributed by atoms with E-state index in [4.69, 9.17) is 0 Å². The molecule has 0 saturated heterocycles. The van der Waals surface area contributed by atoms with Crippen molar-refractivity contribution >= 4 is 17.5 Å². The third-order valence-corrected chi connectivity index (χ3v) is 5.74. The van der Waals surface area contributed by atoms with Crippen molar-refractivity contribution in [3.8, 4) is 0 Å². The Morgan fingerprint density at radius 1 is 0.711 bits per heavy atom. The summed E-state index contributed by atoms with van der Waals surface area (Å²) in [5, 5.41) is 2.79. The van der Waals surface area contributed by atoms with Gasteiger partial charge in [0.1, 0.15) is 11.6 Å². The highest BCUT2D eigenvalue weighted by atomic mass is 16.1. The molecule has 0 fully saturated rings. The summed E-state index contributed by atoms with van der Waals surface area (Å²) in [5.74, 6) is 0.196. The summed E-state index contributed by atoms with van der Waals surface area (Å²) >= 11 is 0. The van der Waals surface area contributed by atoms with Crippen molar-refractivity contribution in [3.63, 3.8) is 0 Å². The van der Waals surface area contributed by atoms with E-state index in [1.807, 2.05) is 0 Å². The average molecular weight is 519 g/mol. The van der Waals surface area contributed by atoms with Gasteiger partial charge in [-0.25, -0.2) is 0 Å². The molecule has 1 amide bonds. The minimum absolute atomic E-state index is 0.146. The molecule has 0 atom stereocenters. The molecule has 0 bridgehead atoms. The van der Waals surface area contributed by atoms with Crippen LogP contribution in [0.4, 0.5) is 0 Å². The van der Waals surface area contributed by atoms with E-state index in [0.29, 0.717) is 50.6 Å². The average Bonchev–Trinajstić information content (AvgIpc) is 2.93. The topological polar surface area (TPSA) is 76.1 Å². The number of nitrogens with one attached hydrogen (secondary N) is 1. The molecule has 0 unspecified atom stereocenters. The SMILES string of the molecule is CC/C=C\C/C=C\C/C=C\C/C=C\C/C=C\CCCC(=O)CCCC(=O)CCCNC(=O)c1cccnc1. The molecule has 38 heavy (non-hydrogen) atoms. The molecule has 0 radical (unpaired) electrons. The molecule has 0 aromatic carbocycles. The van der Waals surface area contributed by atoms with E-state index in [0.717, 1.165) is 44.9 Å². The highest BCUT2D eigenvalue weighted by molar-refractivity contribution is 5.93. The smallest absolute Gasteiger partial charge is 0.252 e. The molecule has 5 heteroatoms. The number of hydrogen-bond donors (Lipinski definition) is 1. The van der Waals surface area contributed by atoms with Crippen LogP contribution in [0.3, 0.4) is 0 Å². The molecule has 0 aliphatic rings. The lowest BCUT2D eigenvalue weighted by Crippen LogP contribution is -2.24. The van der Waals surface area contributed by atoms with Gasteiger partial charge in [-0.05, 0) is 69.9 Å². The summed E-state index contributed by atoms with van der Waals surface area (Å²) in [4.78, 5) is 39.9. The monoisotopic (exact) mass is 518 g/mol. The fraction of sp³-hybridized carbons (Fsp3) is 0.455. The number of carbonyl (C=O) groups excluding carboxylic acids is 3. The highest BCUT2D eigenvalue weighted by Gasteiger charge is 2.07. The number of amides is 1. The molecular weight excluding hydrogens is 472 g/mol. The molecule has 1 aromatic heterocycles. The summed E-state index contributed by atoms with van der Waals surface area (Å²) < 4.78 is 0. The third-order valence-electron chi connectivity index (χ3n) is 5.74. The lowest BCUT2D eigenvalue weighted by Gasteiger charge is -2.05. The fourth-order valence-electron chi connectivity index (χ4n) is 3.61. The summed E-state index contributed by atoms with van der Waals surface area (Å²) in [6.07, 6.45) is 34.8. The van der Waals surface area contributed by atoms with Gasteiger partial charge < -0.3 is 5.32 Å². The van der Waals surface area contributed by atoms with E-state index in [9.17, 15) is 14.4 Å². The second-order valence-electron chi connectivity index (χ2n) is 9.13. The molecule has 1 N–H and O–H groups in total. The Morgan fingerprint density at radius 2 is 1.24 bits per heavy atom. The van der Waals surface area contributed by atoms with Crippen molar-refractivity contribution in [3.05, 3.63) is 90.9 Å². The number of hydrogen-bond acceptors (Lipinski definition) is 4. The Bertz CT molecular complexity index is 927. The first-order valence-corrected chi connectivity index (χ1v) is 14.1. The number of ketones is 2. The van der Waals surface area contributed by atoms with Crippen LogP contribution in [0.5, 0.6) is 0 Å². The Hall–Kier alpha value is -3.34. The van der Waals surface area contributed by atoms with E-state index in [-0.39, 0.29) is 17.5 Å². The van der Waals surface area contributed by atoms with Crippen molar-refractivity contribution in [2.24, 2.45) is 0 Å². The number of Topliss-reactive ketones (excluding diaryl/α,β-unsaturated/α-hetero) is 2. The van der Waals surface area contributed by atoms with Crippen LogP contribution in [0, 0.1) is 0 Å². The number of aromatic nitrogens is 1. The first-order valence-electron chi connectivity index (χ1n) is 14.1. The molecule has 0 aliphatic carbocycles. The van der Waals surface area contributed by atoms with E-state index in [2.05, 4.69) is 78.0 Å². The van der Waals surface area contributed by atoms with Gasteiger partial charge in [0.05, 0.1) is 5.56 Å². The van der Waals surface area contributed by atoms with Crippen LogP contribution in [-0.4, -0.2) is 29.0 Å². The summed E-state index contributed by atoms with van der Waals surface area (Å²) in [7, 11) is 0. The second-order valence-corrected chi connectivity index (χ2v) is 9.13. The van der Waals surface area contributed by atoms with Gasteiger partial charge in [-0.3, -0.25) is 19.4 Å². The van der Waals surface area contributed by atoms with E-state index in [1.54, 1.807) is 18.3 Å². The standard InChI is InChI=1S/C33H46N2O3/c1-2-3-4-5-6-7-8-9-10-11-12-13-14-15-16-17-18-23-31(36)24-19-25-32(37)26-21-28-35-33(38)30-22-20-27-34-29-30/h3-4,6-7,9-10,12-13,15-16,20,22,27,29H,2,5,8,11,14,17-19,21,23-26,28H2,1H3,(H,35,38)/b4-3-,7-6-,10-9-,13-12-,16-15-. The maximum absolute atomic E-state index is 12.0. The maximum atomic E-state index is 12.0. The van der Waals surface area contributed by atoms with Gasteiger partial charge in [-0.15, -0.1) is 0 Å². The molecule has 1 heterocycles. The number of unbranched alkanes of at least 4 members (excludes halogenated alkanes) is 1. The van der Waals surface area contributed by atoms with Crippen LogP contribution >= 0.6 is 0 Å². The number of allylic oxidation sites excluding steroid dienone is 10.